The van der Waals surface area contributed by atoms with Crippen LogP contribution in [0.1, 0.15) is 25.7 Å². The van der Waals surface area contributed by atoms with E-state index in [0.717, 1.165) is 29.7 Å². The van der Waals surface area contributed by atoms with Gasteiger partial charge in [-0.3, -0.25) is 0 Å². The summed E-state index contributed by atoms with van der Waals surface area (Å²) in [6, 6.07) is 2.12. The van der Waals surface area contributed by atoms with Crippen molar-refractivity contribution >= 4 is 26.7 Å². The van der Waals surface area contributed by atoms with E-state index in [0.29, 0.717) is 0 Å². The molecule has 0 aliphatic heterocycles. The molecule has 0 atom stereocenters. The molecule has 0 radical (unpaired) electrons. The number of nitrogens with one attached hydrogen (secondary N) is 1. The number of hydrogen-bond acceptors (Lipinski definition) is 5. The van der Waals surface area contributed by atoms with Crippen LogP contribution in [0.3, 0.4) is 0 Å². The van der Waals surface area contributed by atoms with E-state index in [2.05, 4.69) is 19.9 Å². The molecule has 0 bridgehead atoms. The Hall–Kier alpha value is -1.77. The minimum absolute atomic E-state index is 0.0153. The zero-order valence-electron chi connectivity index (χ0n) is 13.8. The molecule has 2 aromatic rings. The van der Waals surface area contributed by atoms with E-state index in [4.69, 9.17) is 0 Å². The molecule has 25 heavy (non-hydrogen) atoms. The van der Waals surface area contributed by atoms with Crippen molar-refractivity contribution in [1.29, 1.82) is 0 Å². The van der Waals surface area contributed by atoms with Crippen LogP contribution in [0.4, 0.5) is 14.6 Å². The molecular weight excluding hydrogens is 350 g/mol. The molecule has 0 spiro atoms. The van der Waals surface area contributed by atoms with Crippen LogP contribution in [0.25, 0.3) is 11.0 Å². The van der Waals surface area contributed by atoms with Crippen LogP contribution in [0.2, 0.25) is 0 Å². The fourth-order valence-electron chi connectivity index (χ4n) is 3.79. The third-order valence-electron chi connectivity index (χ3n) is 5.45. The van der Waals surface area contributed by atoms with E-state index in [9.17, 15) is 17.2 Å². The van der Waals surface area contributed by atoms with Gasteiger partial charge in [0.25, 0.3) is 5.92 Å². The van der Waals surface area contributed by atoms with E-state index < -0.39 is 33.9 Å². The van der Waals surface area contributed by atoms with E-state index in [-0.39, 0.29) is 17.7 Å². The molecule has 2 aliphatic rings. The van der Waals surface area contributed by atoms with Crippen molar-refractivity contribution in [2.45, 2.75) is 42.9 Å². The molecule has 2 aliphatic carbocycles. The lowest BCUT2D eigenvalue weighted by Crippen LogP contribution is -2.49. The van der Waals surface area contributed by atoms with E-state index >= 15 is 0 Å². The molecule has 0 saturated heterocycles. The second kappa shape index (κ2) is 5.62. The summed E-state index contributed by atoms with van der Waals surface area (Å²) < 4.78 is 50.3. The normalized spacial score (nSPS) is 26.2. The molecule has 0 amide bonds. The van der Waals surface area contributed by atoms with Gasteiger partial charge < -0.3 is 9.88 Å². The summed E-state index contributed by atoms with van der Waals surface area (Å²) in [4.78, 5) is 13.6. The van der Waals surface area contributed by atoms with Gasteiger partial charge in [-0.2, -0.15) is 0 Å². The van der Waals surface area contributed by atoms with Gasteiger partial charge in [-0.25, -0.2) is 27.2 Å². The Morgan fingerprint density at radius 1 is 1.32 bits per heavy atom. The lowest BCUT2D eigenvalue weighted by Gasteiger charge is -2.43. The van der Waals surface area contributed by atoms with Crippen LogP contribution < -0.4 is 4.90 Å². The minimum Gasteiger partial charge on any atom is -0.356 e. The van der Waals surface area contributed by atoms with Crippen molar-refractivity contribution < 1.29 is 17.2 Å². The van der Waals surface area contributed by atoms with Crippen molar-refractivity contribution in [3.05, 3.63) is 18.6 Å². The molecule has 1 N–H and O–H groups in total. The maximum absolute atomic E-state index is 12.9. The van der Waals surface area contributed by atoms with E-state index in [1.165, 1.54) is 6.33 Å². The number of sulfone groups is 1. The zero-order valence-corrected chi connectivity index (χ0v) is 14.6. The van der Waals surface area contributed by atoms with Crippen molar-refractivity contribution in [2.75, 3.05) is 17.7 Å². The minimum atomic E-state index is -3.42. The molecule has 0 aromatic carbocycles. The summed E-state index contributed by atoms with van der Waals surface area (Å²) in [5.74, 6) is -1.93. The van der Waals surface area contributed by atoms with E-state index in [1.54, 1.807) is 6.20 Å². The SMILES string of the molecule is CN(c1ncnc2[nH]ccc12)C1CC(CS(=O)(=O)C2CC(F)(F)C2)C1. The standard InChI is InChI=1S/C16H20F2N4O2S/c1-22(15-13-2-3-19-14(13)20-9-21-15)11-4-10(5-11)8-25(23,24)12-6-16(17,18)7-12/h2-3,9-12H,4-8H2,1H3,(H,19,20,21). The fraction of sp³-hybridized carbons (Fsp3) is 0.625. The molecule has 4 rings (SSSR count). The van der Waals surface area contributed by atoms with Crippen LogP contribution in [0.5, 0.6) is 0 Å². The second-order valence-corrected chi connectivity index (χ2v) is 9.58. The van der Waals surface area contributed by atoms with E-state index in [1.807, 2.05) is 13.1 Å². The van der Waals surface area contributed by atoms with Gasteiger partial charge in [-0.15, -0.1) is 0 Å². The lowest BCUT2D eigenvalue weighted by atomic mass is 9.81. The van der Waals surface area contributed by atoms with Gasteiger partial charge in [0.05, 0.1) is 16.4 Å². The first-order chi connectivity index (χ1) is 11.8. The highest BCUT2D eigenvalue weighted by atomic mass is 32.2. The Morgan fingerprint density at radius 3 is 2.72 bits per heavy atom. The summed E-state index contributed by atoms with van der Waals surface area (Å²) >= 11 is 0. The van der Waals surface area contributed by atoms with Crippen LogP contribution in [0.15, 0.2) is 18.6 Å². The number of nitrogens with zero attached hydrogens (tertiary/aromatic N) is 3. The number of alkyl halides is 2. The number of hydrogen-bond donors (Lipinski definition) is 1. The molecule has 2 saturated carbocycles. The van der Waals surface area contributed by atoms with Gasteiger partial charge in [-0.1, -0.05) is 0 Å². The van der Waals surface area contributed by atoms with Crippen molar-refractivity contribution in [2.24, 2.45) is 5.92 Å². The van der Waals surface area contributed by atoms with Gasteiger partial charge in [0.2, 0.25) is 0 Å². The summed E-state index contributed by atoms with van der Waals surface area (Å²) in [6.45, 7) is 0. The monoisotopic (exact) mass is 370 g/mol. The van der Waals surface area contributed by atoms with Gasteiger partial charge in [0.1, 0.15) is 17.8 Å². The number of rotatable bonds is 5. The van der Waals surface area contributed by atoms with Gasteiger partial charge >= 0.3 is 0 Å². The second-order valence-electron chi connectivity index (χ2n) is 7.26. The summed E-state index contributed by atoms with van der Waals surface area (Å²) in [7, 11) is -1.48. The fourth-order valence-corrected chi connectivity index (χ4v) is 5.99. The molecule has 136 valence electrons. The largest absolute Gasteiger partial charge is 0.356 e. The number of halogens is 2. The molecule has 2 fully saturated rings. The Bertz CT molecular complexity index is 884. The first-order valence-corrected chi connectivity index (χ1v) is 10.1. The highest BCUT2D eigenvalue weighted by Gasteiger charge is 2.52. The number of anilines is 1. The molecule has 9 heteroatoms. The number of aromatic amines is 1. The molecule has 0 unspecified atom stereocenters. The number of aromatic nitrogens is 3. The molecule has 2 heterocycles. The molecule has 2 aromatic heterocycles. The first kappa shape index (κ1) is 16.7. The highest BCUT2D eigenvalue weighted by molar-refractivity contribution is 7.92. The number of H-pyrrole nitrogens is 1. The predicted octanol–water partition coefficient (Wildman–Crippen LogP) is 2.39. The number of fused-ring (bicyclic) bond motifs is 1. The maximum atomic E-state index is 12.9. The average Bonchev–Trinajstić information content (AvgIpc) is 2.95. The predicted molar refractivity (Wildman–Crippen MR) is 90.6 cm³/mol. The van der Waals surface area contributed by atoms with Crippen LogP contribution >= 0.6 is 0 Å². The van der Waals surface area contributed by atoms with Gasteiger partial charge in [0, 0.05) is 32.1 Å². The van der Waals surface area contributed by atoms with Crippen molar-refractivity contribution in [1.82, 2.24) is 15.0 Å². The first-order valence-electron chi connectivity index (χ1n) is 8.35. The maximum Gasteiger partial charge on any atom is 0.250 e. The van der Waals surface area contributed by atoms with Gasteiger partial charge in [0.15, 0.2) is 9.84 Å². The van der Waals surface area contributed by atoms with Crippen molar-refractivity contribution in [3.63, 3.8) is 0 Å². The summed E-state index contributed by atoms with van der Waals surface area (Å²) in [5.41, 5.74) is 0.765. The Balaban J connectivity index is 1.37. The Kier molecular flexibility index (Phi) is 3.75. The Morgan fingerprint density at radius 2 is 2.04 bits per heavy atom. The van der Waals surface area contributed by atoms with Crippen LogP contribution in [0, 0.1) is 5.92 Å². The van der Waals surface area contributed by atoms with Crippen molar-refractivity contribution in [3.8, 4) is 0 Å². The lowest BCUT2D eigenvalue weighted by molar-refractivity contribution is -0.0686. The third-order valence-corrected chi connectivity index (χ3v) is 7.74. The molecule has 6 nitrogen and oxygen atoms in total. The van der Waals surface area contributed by atoms with Crippen LogP contribution in [-0.4, -0.2) is 53.4 Å². The quantitative estimate of drug-likeness (QED) is 0.874. The smallest absolute Gasteiger partial charge is 0.250 e. The highest BCUT2D eigenvalue weighted by Crippen LogP contribution is 2.43. The summed E-state index contributed by atoms with van der Waals surface area (Å²) in [5, 5.41) is 0.0680. The zero-order chi connectivity index (χ0) is 17.8. The van der Waals surface area contributed by atoms with Gasteiger partial charge in [-0.05, 0) is 24.8 Å². The molecular formula is C16H20F2N4O2S. The topological polar surface area (TPSA) is 79.0 Å². The third kappa shape index (κ3) is 2.98. The average molecular weight is 370 g/mol. The Labute approximate surface area is 144 Å². The summed E-state index contributed by atoms with van der Waals surface area (Å²) in [6.07, 6.45) is 3.74. The van der Waals surface area contributed by atoms with Crippen LogP contribution in [-0.2, 0) is 9.84 Å².